The van der Waals surface area contributed by atoms with E-state index in [2.05, 4.69) is 22.5 Å². The molecule has 0 radical (unpaired) electrons. The molecule has 4 atom stereocenters. The first-order chi connectivity index (χ1) is 10.2. The minimum absolute atomic E-state index is 0.00526. The zero-order valence-electron chi connectivity index (χ0n) is 12.9. The van der Waals surface area contributed by atoms with Gasteiger partial charge in [-0.2, -0.15) is 0 Å². The van der Waals surface area contributed by atoms with E-state index in [-0.39, 0.29) is 11.9 Å². The fourth-order valence-electron chi connectivity index (χ4n) is 4.19. The maximum atomic E-state index is 12.5. The number of amides is 1. The van der Waals surface area contributed by atoms with Crippen molar-refractivity contribution >= 4 is 11.7 Å². The van der Waals surface area contributed by atoms with E-state index in [1.807, 2.05) is 19.1 Å². The number of nitrogens with one attached hydrogen (secondary N) is 2. The van der Waals surface area contributed by atoms with Crippen LogP contribution < -0.4 is 10.6 Å². The van der Waals surface area contributed by atoms with Crippen LogP contribution in [0.2, 0.25) is 0 Å². The highest BCUT2D eigenvalue weighted by molar-refractivity contribution is 5.98. The molecular formula is C17H25N3O. The van der Waals surface area contributed by atoms with Crippen LogP contribution in [0.25, 0.3) is 0 Å². The van der Waals surface area contributed by atoms with Crippen molar-refractivity contribution < 1.29 is 4.79 Å². The molecule has 1 heterocycles. The Morgan fingerprint density at radius 3 is 2.95 bits per heavy atom. The molecule has 0 saturated heterocycles. The Morgan fingerprint density at radius 2 is 2.29 bits per heavy atom. The number of pyridine rings is 1. The summed E-state index contributed by atoms with van der Waals surface area (Å²) in [6, 6.07) is 3.91. The molecule has 2 aliphatic rings. The van der Waals surface area contributed by atoms with Crippen molar-refractivity contribution in [1.29, 1.82) is 0 Å². The molecule has 2 aliphatic carbocycles. The lowest BCUT2D eigenvalue weighted by molar-refractivity contribution is 0.0916. The predicted octanol–water partition coefficient (Wildman–Crippen LogP) is 3.07. The lowest BCUT2D eigenvalue weighted by Gasteiger charge is -2.28. The number of hydrogen-bond donors (Lipinski definition) is 2. The van der Waals surface area contributed by atoms with Gasteiger partial charge in [-0.15, -0.1) is 0 Å². The summed E-state index contributed by atoms with van der Waals surface area (Å²) in [5, 5.41) is 6.36. The van der Waals surface area contributed by atoms with E-state index in [1.54, 1.807) is 6.20 Å². The maximum absolute atomic E-state index is 12.5. The number of hydrogen-bond acceptors (Lipinski definition) is 3. The number of nitrogens with zero attached hydrogens (tertiary/aromatic N) is 1. The zero-order valence-corrected chi connectivity index (χ0v) is 12.9. The monoisotopic (exact) mass is 287 g/mol. The standard InChI is InChI=1S/C17H25N3O/c1-3-18-16-14(5-4-8-19-16)17(21)20-11(2)15-10-12-6-7-13(15)9-12/h4-5,8,11-13,15H,3,6-7,9-10H2,1-2H3,(H,18,19)(H,20,21). The molecule has 2 bridgehead atoms. The molecule has 0 aliphatic heterocycles. The van der Waals surface area contributed by atoms with Crippen molar-refractivity contribution in [3.05, 3.63) is 23.9 Å². The van der Waals surface area contributed by atoms with Gasteiger partial charge < -0.3 is 10.6 Å². The van der Waals surface area contributed by atoms with Crippen molar-refractivity contribution in [3.63, 3.8) is 0 Å². The quantitative estimate of drug-likeness (QED) is 0.875. The molecule has 4 nitrogen and oxygen atoms in total. The van der Waals surface area contributed by atoms with Crippen LogP contribution in [-0.4, -0.2) is 23.5 Å². The second-order valence-electron chi connectivity index (χ2n) is 6.53. The van der Waals surface area contributed by atoms with Crippen LogP contribution in [0, 0.1) is 17.8 Å². The molecule has 1 amide bonds. The lowest BCUT2D eigenvalue weighted by atomic mass is 9.84. The van der Waals surface area contributed by atoms with E-state index in [9.17, 15) is 4.79 Å². The zero-order chi connectivity index (χ0) is 14.8. The minimum atomic E-state index is -0.00526. The van der Waals surface area contributed by atoms with Gasteiger partial charge in [-0.1, -0.05) is 6.42 Å². The fourth-order valence-corrected chi connectivity index (χ4v) is 4.19. The summed E-state index contributed by atoms with van der Waals surface area (Å²) in [5.74, 6) is 3.07. The summed E-state index contributed by atoms with van der Waals surface area (Å²) in [6.07, 6.45) is 7.13. The Bertz CT molecular complexity index is 517. The van der Waals surface area contributed by atoms with E-state index in [0.29, 0.717) is 17.3 Å². The highest BCUT2D eigenvalue weighted by Gasteiger charge is 2.42. The smallest absolute Gasteiger partial charge is 0.255 e. The minimum Gasteiger partial charge on any atom is -0.370 e. The lowest BCUT2D eigenvalue weighted by Crippen LogP contribution is -2.40. The van der Waals surface area contributed by atoms with Crippen LogP contribution in [0.4, 0.5) is 5.82 Å². The van der Waals surface area contributed by atoms with Crippen molar-refractivity contribution in [3.8, 4) is 0 Å². The van der Waals surface area contributed by atoms with Gasteiger partial charge in [-0.25, -0.2) is 4.98 Å². The third-order valence-corrected chi connectivity index (χ3v) is 5.19. The molecule has 1 aromatic heterocycles. The van der Waals surface area contributed by atoms with Crippen molar-refractivity contribution in [2.24, 2.45) is 17.8 Å². The Balaban J connectivity index is 1.66. The summed E-state index contributed by atoms with van der Waals surface area (Å²) >= 11 is 0. The second kappa shape index (κ2) is 6.04. The molecule has 114 valence electrons. The molecule has 2 fully saturated rings. The van der Waals surface area contributed by atoms with E-state index >= 15 is 0 Å². The van der Waals surface area contributed by atoms with Crippen LogP contribution in [0.3, 0.4) is 0 Å². The fraction of sp³-hybridized carbons (Fsp3) is 0.647. The number of carbonyl (C=O) groups is 1. The average Bonchev–Trinajstić information content (AvgIpc) is 3.10. The third-order valence-electron chi connectivity index (χ3n) is 5.19. The van der Waals surface area contributed by atoms with Gasteiger partial charge in [0, 0.05) is 18.8 Å². The van der Waals surface area contributed by atoms with Crippen LogP contribution in [0.15, 0.2) is 18.3 Å². The molecule has 0 spiro atoms. The molecule has 2 N–H and O–H groups in total. The maximum Gasteiger partial charge on any atom is 0.255 e. The van der Waals surface area contributed by atoms with Gasteiger partial charge in [0.05, 0.1) is 5.56 Å². The summed E-state index contributed by atoms with van der Waals surface area (Å²) in [4.78, 5) is 16.8. The average molecular weight is 287 g/mol. The van der Waals surface area contributed by atoms with Crippen LogP contribution >= 0.6 is 0 Å². The molecule has 4 unspecified atom stereocenters. The second-order valence-corrected chi connectivity index (χ2v) is 6.53. The Hall–Kier alpha value is -1.58. The number of carbonyl (C=O) groups excluding carboxylic acids is 1. The predicted molar refractivity (Wildman–Crippen MR) is 84.3 cm³/mol. The number of rotatable bonds is 5. The van der Waals surface area contributed by atoms with E-state index in [4.69, 9.17) is 0 Å². The summed E-state index contributed by atoms with van der Waals surface area (Å²) < 4.78 is 0. The SMILES string of the molecule is CCNc1ncccc1C(=O)NC(C)C1CC2CCC1C2. The van der Waals surface area contributed by atoms with E-state index in [0.717, 1.165) is 18.4 Å². The number of aromatic nitrogens is 1. The Kier molecular flexibility index (Phi) is 4.13. The molecule has 0 aromatic carbocycles. The Labute approximate surface area is 126 Å². The van der Waals surface area contributed by atoms with Crippen LogP contribution in [0.5, 0.6) is 0 Å². The van der Waals surface area contributed by atoms with Gasteiger partial charge in [0.2, 0.25) is 0 Å². The normalized spacial score (nSPS) is 28.4. The van der Waals surface area contributed by atoms with Gasteiger partial charge in [-0.05, 0) is 63.0 Å². The van der Waals surface area contributed by atoms with E-state index < -0.39 is 0 Å². The summed E-state index contributed by atoms with van der Waals surface area (Å²) in [7, 11) is 0. The largest absolute Gasteiger partial charge is 0.370 e. The van der Waals surface area contributed by atoms with Gasteiger partial charge in [0.25, 0.3) is 5.91 Å². The van der Waals surface area contributed by atoms with Crippen molar-refractivity contribution in [2.75, 3.05) is 11.9 Å². The first kappa shape index (κ1) is 14.4. The van der Waals surface area contributed by atoms with Gasteiger partial charge in [0.15, 0.2) is 0 Å². The first-order valence-electron chi connectivity index (χ1n) is 8.18. The topological polar surface area (TPSA) is 54.0 Å². The summed E-state index contributed by atoms with van der Waals surface area (Å²) in [5.41, 5.74) is 0.648. The molecule has 3 rings (SSSR count). The number of fused-ring (bicyclic) bond motifs is 2. The Morgan fingerprint density at radius 1 is 1.43 bits per heavy atom. The van der Waals surface area contributed by atoms with Gasteiger partial charge in [0.1, 0.15) is 5.82 Å². The third kappa shape index (κ3) is 2.89. The molecule has 4 heteroatoms. The van der Waals surface area contributed by atoms with E-state index in [1.165, 1.54) is 25.7 Å². The molecule has 2 saturated carbocycles. The summed E-state index contributed by atoms with van der Waals surface area (Å²) in [6.45, 7) is 4.93. The van der Waals surface area contributed by atoms with Crippen molar-refractivity contribution in [1.82, 2.24) is 10.3 Å². The van der Waals surface area contributed by atoms with Gasteiger partial charge >= 0.3 is 0 Å². The van der Waals surface area contributed by atoms with Gasteiger partial charge in [-0.3, -0.25) is 4.79 Å². The number of anilines is 1. The first-order valence-corrected chi connectivity index (χ1v) is 8.18. The molecule has 1 aromatic rings. The molecular weight excluding hydrogens is 262 g/mol. The highest BCUT2D eigenvalue weighted by atomic mass is 16.1. The van der Waals surface area contributed by atoms with Crippen molar-refractivity contribution in [2.45, 2.75) is 45.6 Å². The van der Waals surface area contributed by atoms with Crippen LogP contribution in [-0.2, 0) is 0 Å². The molecule has 21 heavy (non-hydrogen) atoms. The van der Waals surface area contributed by atoms with Crippen LogP contribution in [0.1, 0.15) is 49.9 Å². The highest BCUT2D eigenvalue weighted by Crippen LogP contribution is 2.49.